The Morgan fingerprint density at radius 1 is 1.38 bits per heavy atom. The van der Waals surface area contributed by atoms with Gasteiger partial charge in [0.2, 0.25) is 10.0 Å². The van der Waals surface area contributed by atoms with Crippen LogP contribution < -0.4 is 20.5 Å². The second-order valence-corrected chi connectivity index (χ2v) is 6.41. The summed E-state index contributed by atoms with van der Waals surface area (Å²) >= 11 is 3.12. The first-order valence-corrected chi connectivity index (χ1v) is 8.00. The monoisotopic (exact) mass is 379 g/mol. The summed E-state index contributed by atoms with van der Waals surface area (Å²) in [4.78, 5) is 22.4. The van der Waals surface area contributed by atoms with Crippen LogP contribution in [0.15, 0.2) is 27.6 Å². The SMILES string of the molecule is CNC(=O)NC(=O)C(C)Oc1ccc(Br)cc1S(N)(=O)=O. The highest BCUT2D eigenvalue weighted by molar-refractivity contribution is 9.10. The molecule has 0 fully saturated rings. The molecule has 1 unspecified atom stereocenters. The number of primary sulfonamides is 1. The highest BCUT2D eigenvalue weighted by atomic mass is 79.9. The van der Waals surface area contributed by atoms with Gasteiger partial charge in [0.1, 0.15) is 10.6 Å². The van der Waals surface area contributed by atoms with Crippen molar-refractivity contribution in [3.8, 4) is 5.75 Å². The molecule has 0 saturated heterocycles. The van der Waals surface area contributed by atoms with Crippen molar-refractivity contribution in [2.45, 2.75) is 17.9 Å². The number of urea groups is 1. The van der Waals surface area contributed by atoms with Gasteiger partial charge in [-0.3, -0.25) is 10.1 Å². The number of nitrogens with two attached hydrogens (primary N) is 1. The minimum atomic E-state index is -4.02. The third-order valence-electron chi connectivity index (χ3n) is 2.35. The maximum Gasteiger partial charge on any atom is 0.321 e. The molecule has 0 aliphatic carbocycles. The summed E-state index contributed by atoms with van der Waals surface area (Å²) in [5.41, 5.74) is 0. The summed E-state index contributed by atoms with van der Waals surface area (Å²) in [6.45, 7) is 1.37. The molecule has 1 rings (SSSR count). The van der Waals surface area contributed by atoms with Crippen LogP contribution in [-0.4, -0.2) is 33.5 Å². The molecule has 116 valence electrons. The van der Waals surface area contributed by atoms with Gasteiger partial charge in [-0.25, -0.2) is 18.4 Å². The Kier molecular flexibility index (Phi) is 5.70. The van der Waals surface area contributed by atoms with Crippen LogP contribution in [0.4, 0.5) is 4.79 Å². The van der Waals surface area contributed by atoms with Crippen molar-refractivity contribution in [1.29, 1.82) is 0 Å². The summed E-state index contributed by atoms with van der Waals surface area (Å²) < 4.78 is 28.7. The number of carbonyl (C=O) groups is 2. The van der Waals surface area contributed by atoms with Crippen LogP contribution in [0.5, 0.6) is 5.75 Å². The van der Waals surface area contributed by atoms with E-state index in [4.69, 9.17) is 9.88 Å². The summed E-state index contributed by atoms with van der Waals surface area (Å²) in [5, 5.41) is 9.31. The van der Waals surface area contributed by atoms with E-state index in [2.05, 4.69) is 21.2 Å². The molecule has 10 heteroatoms. The normalized spacial score (nSPS) is 12.4. The van der Waals surface area contributed by atoms with Crippen LogP contribution in [0, 0.1) is 0 Å². The molecule has 1 atom stereocenters. The molecule has 8 nitrogen and oxygen atoms in total. The summed E-state index contributed by atoms with van der Waals surface area (Å²) in [6, 6.07) is 3.45. The minimum Gasteiger partial charge on any atom is -0.479 e. The molecular formula is C11H14BrN3O5S. The highest BCUT2D eigenvalue weighted by Crippen LogP contribution is 2.27. The van der Waals surface area contributed by atoms with E-state index in [1.54, 1.807) is 0 Å². The number of hydrogen-bond donors (Lipinski definition) is 3. The number of hydrogen-bond acceptors (Lipinski definition) is 5. The van der Waals surface area contributed by atoms with Gasteiger partial charge in [-0.1, -0.05) is 15.9 Å². The number of benzene rings is 1. The zero-order valence-corrected chi connectivity index (χ0v) is 13.6. The predicted octanol–water partition coefficient (Wildman–Crippen LogP) is 0.319. The van der Waals surface area contributed by atoms with Crippen molar-refractivity contribution in [3.05, 3.63) is 22.7 Å². The quantitative estimate of drug-likeness (QED) is 0.693. The fraction of sp³-hybridized carbons (Fsp3) is 0.273. The topological polar surface area (TPSA) is 128 Å². The molecule has 0 aliphatic rings. The fourth-order valence-electron chi connectivity index (χ4n) is 1.32. The van der Waals surface area contributed by atoms with Crippen molar-refractivity contribution in [2.75, 3.05) is 7.05 Å². The fourth-order valence-corrected chi connectivity index (χ4v) is 2.52. The lowest BCUT2D eigenvalue weighted by Crippen LogP contribution is -2.44. The first-order chi connectivity index (χ1) is 9.65. The highest BCUT2D eigenvalue weighted by Gasteiger charge is 2.21. The van der Waals surface area contributed by atoms with E-state index in [1.807, 2.05) is 5.32 Å². The van der Waals surface area contributed by atoms with Crippen LogP contribution in [0.3, 0.4) is 0 Å². The van der Waals surface area contributed by atoms with Gasteiger partial charge >= 0.3 is 6.03 Å². The number of imide groups is 1. The molecule has 4 N–H and O–H groups in total. The lowest BCUT2D eigenvalue weighted by molar-refractivity contribution is -0.126. The first kappa shape index (κ1) is 17.4. The first-order valence-electron chi connectivity index (χ1n) is 5.66. The predicted molar refractivity (Wildman–Crippen MR) is 78.2 cm³/mol. The van der Waals surface area contributed by atoms with Crippen molar-refractivity contribution < 1.29 is 22.7 Å². The minimum absolute atomic E-state index is 0.0831. The van der Waals surface area contributed by atoms with E-state index in [9.17, 15) is 18.0 Å². The van der Waals surface area contributed by atoms with Crippen LogP contribution in [0.2, 0.25) is 0 Å². The zero-order valence-electron chi connectivity index (χ0n) is 11.2. The van der Waals surface area contributed by atoms with Gasteiger partial charge in [-0.15, -0.1) is 0 Å². The molecule has 3 amide bonds. The molecule has 21 heavy (non-hydrogen) atoms. The Labute approximate surface area is 130 Å². The molecule has 0 spiro atoms. The average Bonchev–Trinajstić information content (AvgIpc) is 2.39. The van der Waals surface area contributed by atoms with E-state index < -0.39 is 28.1 Å². The Bertz CT molecular complexity index is 662. The van der Waals surface area contributed by atoms with Gasteiger partial charge in [-0.05, 0) is 25.1 Å². The van der Waals surface area contributed by atoms with Gasteiger partial charge in [0.25, 0.3) is 5.91 Å². The second kappa shape index (κ2) is 6.87. The smallest absolute Gasteiger partial charge is 0.321 e. The van der Waals surface area contributed by atoms with Gasteiger partial charge in [-0.2, -0.15) is 0 Å². The lowest BCUT2D eigenvalue weighted by atomic mass is 10.3. The van der Waals surface area contributed by atoms with Crippen molar-refractivity contribution >= 4 is 37.9 Å². The van der Waals surface area contributed by atoms with E-state index in [0.717, 1.165) is 0 Å². The molecule has 1 aromatic rings. The zero-order chi connectivity index (χ0) is 16.2. The number of halogens is 1. The number of carbonyl (C=O) groups excluding carboxylic acids is 2. The molecule has 0 bridgehead atoms. The van der Waals surface area contributed by atoms with E-state index >= 15 is 0 Å². The van der Waals surface area contributed by atoms with E-state index in [0.29, 0.717) is 4.47 Å². The Balaban J connectivity index is 2.98. The van der Waals surface area contributed by atoms with Crippen molar-refractivity contribution in [1.82, 2.24) is 10.6 Å². The Morgan fingerprint density at radius 2 is 2.00 bits per heavy atom. The number of ether oxygens (including phenoxy) is 1. The second-order valence-electron chi connectivity index (χ2n) is 3.96. The third-order valence-corrected chi connectivity index (χ3v) is 3.77. The molecular weight excluding hydrogens is 366 g/mol. The summed E-state index contributed by atoms with van der Waals surface area (Å²) in [7, 11) is -2.67. The summed E-state index contributed by atoms with van der Waals surface area (Å²) in [5.74, 6) is -0.808. The molecule has 0 heterocycles. The molecule has 0 aliphatic heterocycles. The maximum atomic E-state index is 11.7. The van der Waals surface area contributed by atoms with Crippen LogP contribution in [0.1, 0.15) is 6.92 Å². The number of sulfonamides is 1. The van der Waals surface area contributed by atoms with E-state index in [-0.39, 0.29) is 10.6 Å². The van der Waals surface area contributed by atoms with E-state index in [1.165, 1.54) is 32.2 Å². The molecule has 0 aromatic heterocycles. The van der Waals surface area contributed by atoms with Gasteiger partial charge in [0, 0.05) is 11.5 Å². The van der Waals surface area contributed by atoms with Gasteiger partial charge in [0.15, 0.2) is 6.10 Å². The lowest BCUT2D eigenvalue weighted by Gasteiger charge is -2.16. The maximum absolute atomic E-state index is 11.7. The van der Waals surface area contributed by atoms with Crippen LogP contribution in [-0.2, 0) is 14.8 Å². The number of amides is 3. The Morgan fingerprint density at radius 3 is 2.52 bits per heavy atom. The van der Waals surface area contributed by atoms with Crippen LogP contribution >= 0.6 is 15.9 Å². The molecule has 1 aromatic carbocycles. The standard InChI is InChI=1S/C11H14BrN3O5S/c1-6(10(16)15-11(17)14-2)20-8-4-3-7(12)5-9(8)21(13,18)19/h3-6H,1-2H3,(H2,13,18,19)(H2,14,15,16,17). The molecule has 0 radical (unpaired) electrons. The number of rotatable bonds is 4. The average molecular weight is 380 g/mol. The van der Waals surface area contributed by atoms with Gasteiger partial charge in [0.05, 0.1) is 0 Å². The summed E-state index contributed by atoms with van der Waals surface area (Å²) in [6.07, 6.45) is -1.09. The van der Waals surface area contributed by atoms with Crippen LogP contribution in [0.25, 0.3) is 0 Å². The number of nitrogens with one attached hydrogen (secondary N) is 2. The third kappa shape index (κ3) is 4.99. The van der Waals surface area contributed by atoms with Crippen molar-refractivity contribution in [2.24, 2.45) is 5.14 Å². The van der Waals surface area contributed by atoms with Crippen molar-refractivity contribution in [3.63, 3.8) is 0 Å². The Hall–Kier alpha value is -1.65. The molecule has 0 saturated carbocycles. The van der Waals surface area contributed by atoms with Gasteiger partial charge < -0.3 is 10.1 Å². The largest absolute Gasteiger partial charge is 0.479 e.